The third kappa shape index (κ3) is 2.91. The van der Waals surface area contributed by atoms with Crippen LogP contribution in [0.1, 0.15) is 11.7 Å². The Morgan fingerprint density at radius 2 is 2.23 bits per heavy atom. The van der Waals surface area contributed by atoms with Crippen molar-refractivity contribution < 1.29 is 10.2 Å². The molecule has 1 aromatic rings. The van der Waals surface area contributed by atoms with Crippen molar-refractivity contribution in [2.45, 2.75) is 12.2 Å². The molecule has 2 N–H and O–H groups in total. The van der Waals surface area contributed by atoms with Crippen molar-refractivity contribution in [3.8, 4) is 0 Å². The average molecular weight is 267 g/mol. The van der Waals surface area contributed by atoms with Gasteiger partial charge in [0.15, 0.2) is 0 Å². The van der Waals surface area contributed by atoms with Crippen LogP contribution < -0.4 is 0 Å². The van der Waals surface area contributed by atoms with E-state index in [0.717, 1.165) is 0 Å². The first-order chi connectivity index (χ1) is 6.15. The summed E-state index contributed by atoms with van der Waals surface area (Å²) >= 11 is 8.69. The van der Waals surface area contributed by atoms with Gasteiger partial charge in [0, 0.05) is 11.5 Å². The minimum Gasteiger partial charge on any atom is -0.389 e. The lowest BCUT2D eigenvalue weighted by atomic mass is 10.1. The molecule has 1 aromatic heterocycles. The monoisotopic (exact) mass is 265 g/mol. The highest BCUT2D eigenvalue weighted by Gasteiger charge is 2.17. The minimum absolute atomic E-state index is 0.304. The molecule has 13 heavy (non-hydrogen) atoms. The summed E-state index contributed by atoms with van der Waals surface area (Å²) in [5.74, 6) is 0. The van der Waals surface area contributed by atoms with E-state index < -0.39 is 12.2 Å². The van der Waals surface area contributed by atoms with E-state index in [1.807, 2.05) is 0 Å². The Labute approximate surface area is 89.5 Å². The van der Waals surface area contributed by atoms with Crippen molar-refractivity contribution in [1.82, 2.24) is 4.98 Å². The third-order valence-electron chi connectivity index (χ3n) is 1.61. The molecular weight excluding hydrogens is 257 g/mol. The summed E-state index contributed by atoms with van der Waals surface area (Å²) < 4.78 is 0. The molecule has 1 heterocycles. The average Bonchev–Trinajstić information content (AvgIpc) is 2.15. The maximum Gasteiger partial charge on any atom is 0.129 e. The highest BCUT2D eigenvalue weighted by Crippen LogP contribution is 2.19. The van der Waals surface area contributed by atoms with Crippen LogP contribution in [0.15, 0.2) is 18.3 Å². The van der Waals surface area contributed by atoms with E-state index in [0.29, 0.717) is 16.0 Å². The summed E-state index contributed by atoms with van der Waals surface area (Å²) in [4.78, 5) is 3.77. The molecule has 0 amide bonds. The smallest absolute Gasteiger partial charge is 0.129 e. The van der Waals surface area contributed by atoms with E-state index >= 15 is 0 Å². The summed E-state index contributed by atoms with van der Waals surface area (Å²) in [6, 6.07) is 3.14. The molecule has 0 fully saturated rings. The van der Waals surface area contributed by atoms with Crippen LogP contribution in [-0.4, -0.2) is 26.6 Å². The molecule has 0 aliphatic carbocycles. The van der Waals surface area contributed by atoms with E-state index in [1.54, 1.807) is 6.07 Å². The van der Waals surface area contributed by atoms with Crippen LogP contribution in [-0.2, 0) is 0 Å². The minimum atomic E-state index is -0.931. The normalized spacial score (nSPS) is 15.4. The first kappa shape index (κ1) is 10.9. The van der Waals surface area contributed by atoms with E-state index in [9.17, 15) is 10.2 Å². The zero-order chi connectivity index (χ0) is 9.84. The molecule has 0 radical (unpaired) electrons. The van der Waals surface area contributed by atoms with Crippen molar-refractivity contribution in [3.05, 3.63) is 29.0 Å². The Hall–Kier alpha value is -0.160. The molecule has 2 atom stereocenters. The standard InChI is InChI=1S/C8H9BrClNO2/c9-4-6(12)8(13)5-1-2-11-7(10)3-5/h1-3,6,8,12-13H,4H2. The summed E-state index contributed by atoms with van der Waals surface area (Å²) in [6.45, 7) is 0. The molecule has 0 bridgehead atoms. The zero-order valence-electron chi connectivity index (χ0n) is 6.69. The largest absolute Gasteiger partial charge is 0.389 e. The van der Waals surface area contributed by atoms with Crippen molar-refractivity contribution in [2.24, 2.45) is 0 Å². The zero-order valence-corrected chi connectivity index (χ0v) is 9.03. The highest BCUT2D eigenvalue weighted by atomic mass is 79.9. The van der Waals surface area contributed by atoms with Crippen LogP contribution in [0.2, 0.25) is 5.15 Å². The van der Waals surface area contributed by atoms with Gasteiger partial charge in [0.25, 0.3) is 0 Å². The number of pyridine rings is 1. The summed E-state index contributed by atoms with van der Waals surface area (Å²) in [5.41, 5.74) is 0.562. The summed E-state index contributed by atoms with van der Waals surface area (Å²) in [6.07, 6.45) is -0.277. The second-order valence-corrected chi connectivity index (χ2v) is 3.61. The van der Waals surface area contributed by atoms with Gasteiger partial charge in [-0.05, 0) is 17.7 Å². The maximum atomic E-state index is 9.55. The Morgan fingerprint density at radius 3 is 2.77 bits per heavy atom. The molecule has 3 nitrogen and oxygen atoms in total. The van der Waals surface area contributed by atoms with Gasteiger partial charge in [-0.15, -0.1) is 0 Å². The van der Waals surface area contributed by atoms with Gasteiger partial charge < -0.3 is 10.2 Å². The summed E-state index contributed by atoms with van der Waals surface area (Å²) in [7, 11) is 0. The Kier molecular flexibility index (Phi) is 4.12. The van der Waals surface area contributed by atoms with Gasteiger partial charge in [-0.3, -0.25) is 0 Å². The number of aliphatic hydroxyl groups is 2. The van der Waals surface area contributed by atoms with Gasteiger partial charge in [-0.25, -0.2) is 4.98 Å². The fourth-order valence-corrected chi connectivity index (χ4v) is 1.44. The molecule has 72 valence electrons. The van der Waals surface area contributed by atoms with Crippen LogP contribution in [0.3, 0.4) is 0 Å². The van der Waals surface area contributed by atoms with Crippen LogP contribution in [0.4, 0.5) is 0 Å². The maximum absolute atomic E-state index is 9.55. The molecule has 1 rings (SSSR count). The lowest BCUT2D eigenvalue weighted by Crippen LogP contribution is -2.19. The number of aromatic nitrogens is 1. The number of nitrogens with zero attached hydrogens (tertiary/aromatic N) is 1. The molecular formula is C8H9BrClNO2. The van der Waals surface area contributed by atoms with Gasteiger partial charge >= 0.3 is 0 Å². The van der Waals surface area contributed by atoms with E-state index in [4.69, 9.17) is 11.6 Å². The number of halogens is 2. The lowest BCUT2D eigenvalue weighted by molar-refractivity contribution is 0.0342. The predicted octanol–water partition coefficient (Wildman–Crippen LogP) is 1.52. The van der Waals surface area contributed by atoms with E-state index in [1.165, 1.54) is 12.3 Å². The molecule has 0 aliphatic heterocycles. The first-order valence-electron chi connectivity index (χ1n) is 3.68. The van der Waals surface area contributed by atoms with Gasteiger partial charge in [-0.2, -0.15) is 0 Å². The van der Waals surface area contributed by atoms with Crippen LogP contribution >= 0.6 is 27.5 Å². The van der Waals surface area contributed by atoms with Gasteiger partial charge in [0.05, 0.1) is 6.10 Å². The molecule has 0 saturated heterocycles. The lowest BCUT2D eigenvalue weighted by Gasteiger charge is -2.15. The van der Waals surface area contributed by atoms with Gasteiger partial charge in [-0.1, -0.05) is 27.5 Å². The van der Waals surface area contributed by atoms with Crippen molar-refractivity contribution in [1.29, 1.82) is 0 Å². The number of rotatable bonds is 3. The van der Waals surface area contributed by atoms with E-state index in [2.05, 4.69) is 20.9 Å². The van der Waals surface area contributed by atoms with Gasteiger partial charge in [0.1, 0.15) is 11.3 Å². The topological polar surface area (TPSA) is 53.4 Å². The second kappa shape index (κ2) is 4.91. The summed E-state index contributed by atoms with van der Waals surface area (Å²) in [5, 5.41) is 19.5. The van der Waals surface area contributed by atoms with Crippen molar-refractivity contribution in [3.63, 3.8) is 0 Å². The molecule has 0 spiro atoms. The number of aliphatic hydroxyl groups excluding tert-OH is 2. The number of hydrogen-bond acceptors (Lipinski definition) is 3. The molecule has 0 saturated carbocycles. The van der Waals surface area contributed by atoms with Crippen LogP contribution in [0.25, 0.3) is 0 Å². The second-order valence-electron chi connectivity index (χ2n) is 2.58. The van der Waals surface area contributed by atoms with Crippen molar-refractivity contribution >= 4 is 27.5 Å². The fraction of sp³-hybridized carbons (Fsp3) is 0.375. The molecule has 5 heteroatoms. The van der Waals surface area contributed by atoms with E-state index in [-0.39, 0.29) is 0 Å². The Morgan fingerprint density at radius 1 is 1.54 bits per heavy atom. The number of alkyl halides is 1. The molecule has 0 aliphatic rings. The molecule has 2 unspecified atom stereocenters. The Balaban J connectivity index is 2.82. The molecule has 0 aromatic carbocycles. The first-order valence-corrected chi connectivity index (χ1v) is 5.18. The van der Waals surface area contributed by atoms with Crippen LogP contribution in [0.5, 0.6) is 0 Å². The van der Waals surface area contributed by atoms with Crippen LogP contribution in [0, 0.1) is 0 Å². The highest BCUT2D eigenvalue weighted by molar-refractivity contribution is 9.09. The number of hydrogen-bond donors (Lipinski definition) is 2. The van der Waals surface area contributed by atoms with Gasteiger partial charge in [0.2, 0.25) is 0 Å². The SMILES string of the molecule is OC(CBr)C(O)c1ccnc(Cl)c1. The quantitative estimate of drug-likeness (QED) is 0.644. The van der Waals surface area contributed by atoms with Crippen molar-refractivity contribution in [2.75, 3.05) is 5.33 Å². The fourth-order valence-electron chi connectivity index (χ4n) is 0.908. The predicted molar refractivity (Wildman–Crippen MR) is 54.0 cm³/mol. The Bertz CT molecular complexity index is 285. The third-order valence-corrected chi connectivity index (χ3v) is 2.48.